The van der Waals surface area contributed by atoms with Crippen LogP contribution in [0.3, 0.4) is 0 Å². The van der Waals surface area contributed by atoms with Gasteiger partial charge in [0.15, 0.2) is 11.6 Å². The molecule has 120 valence electrons. The van der Waals surface area contributed by atoms with E-state index in [9.17, 15) is 8.78 Å². The lowest BCUT2D eigenvalue weighted by atomic mass is 10.0. The molecule has 0 saturated heterocycles. The maximum atomic E-state index is 13.8. The van der Waals surface area contributed by atoms with Crippen LogP contribution in [0.25, 0.3) is 0 Å². The van der Waals surface area contributed by atoms with Crippen molar-refractivity contribution >= 4 is 0 Å². The molecule has 1 aromatic rings. The quantitative estimate of drug-likeness (QED) is 0.697. The maximum absolute atomic E-state index is 13.8. The van der Waals surface area contributed by atoms with Gasteiger partial charge in [-0.05, 0) is 32.5 Å². The van der Waals surface area contributed by atoms with Crippen molar-refractivity contribution < 1.29 is 13.9 Å². The normalized spacial score (nSPS) is 12.9. The summed E-state index contributed by atoms with van der Waals surface area (Å²) in [5.74, 6) is -1.59. The molecule has 2 N–H and O–H groups in total. The number of hydrogen-bond donors (Lipinski definition) is 2. The van der Waals surface area contributed by atoms with Crippen LogP contribution in [-0.4, -0.2) is 43.3 Å². The first-order chi connectivity index (χ1) is 10.1. The summed E-state index contributed by atoms with van der Waals surface area (Å²) in [5.41, 5.74) is 0.358. The van der Waals surface area contributed by atoms with E-state index in [0.717, 1.165) is 32.0 Å². The second-order valence-electron chi connectivity index (χ2n) is 5.19. The number of halogens is 2. The van der Waals surface area contributed by atoms with Gasteiger partial charge in [0, 0.05) is 24.7 Å². The van der Waals surface area contributed by atoms with E-state index in [-0.39, 0.29) is 12.6 Å². The highest BCUT2D eigenvalue weighted by molar-refractivity contribution is 5.22. The minimum Gasteiger partial charge on any atom is -0.395 e. The zero-order valence-corrected chi connectivity index (χ0v) is 12.9. The van der Waals surface area contributed by atoms with Gasteiger partial charge in [-0.1, -0.05) is 25.5 Å². The number of aliphatic hydroxyl groups excluding tert-OH is 1. The lowest BCUT2D eigenvalue weighted by Crippen LogP contribution is -2.32. The van der Waals surface area contributed by atoms with Crippen molar-refractivity contribution in [3.05, 3.63) is 35.4 Å². The van der Waals surface area contributed by atoms with Crippen molar-refractivity contribution in [2.24, 2.45) is 0 Å². The fourth-order valence-corrected chi connectivity index (χ4v) is 2.42. The van der Waals surface area contributed by atoms with Crippen molar-refractivity contribution in [1.29, 1.82) is 0 Å². The Morgan fingerprint density at radius 3 is 2.62 bits per heavy atom. The van der Waals surface area contributed by atoms with Crippen LogP contribution in [0.5, 0.6) is 0 Å². The lowest BCUT2D eigenvalue weighted by molar-refractivity contribution is 0.187. The van der Waals surface area contributed by atoms with Crippen LogP contribution < -0.4 is 5.32 Å². The Bertz CT molecular complexity index is 415. The molecule has 0 saturated carbocycles. The van der Waals surface area contributed by atoms with Crippen LogP contribution >= 0.6 is 0 Å². The zero-order chi connectivity index (χ0) is 15.7. The second-order valence-corrected chi connectivity index (χ2v) is 5.19. The van der Waals surface area contributed by atoms with Crippen LogP contribution in [0.1, 0.15) is 37.8 Å². The van der Waals surface area contributed by atoms with Crippen molar-refractivity contribution in [1.82, 2.24) is 10.2 Å². The first-order valence-electron chi connectivity index (χ1n) is 7.58. The Kier molecular flexibility index (Phi) is 8.42. The third-order valence-electron chi connectivity index (χ3n) is 3.68. The summed E-state index contributed by atoms with van der Waals surface area (Å²) in [6.07, 6.45) is 2.83. The first-order valence-corrected chi connectivity index (χ1v) is 7.58. The fraction of sp³-hybridized carbons (Fsp3) is 0.625. The Balaban J connectivity index is 2.66. The summed E-state index contributed by atoms with van der Waals surface area (Å²) < 4.78 is 27.2. The van der Waals surface area contributed by atoms with Gasteiger partial charge in [0.05, 0.1) is 6.61 Å². The Labute approximate surface area is 126 Å². The van der Waals surface area contributed by atoms with Gasteiger partial charge in [-0.25, -0.2) is 8.78 Å². The zero-order valence-electron chi connectivity index (χ0n) is 12.9. The Hall–Kier alpha value is -1.04. The van der Waals surface area contributed by atoms with Gasteiger partial charge in [0.1, 0.15) is 0 Å². The fourth-order valence-electron chi connectivity index (χ4n) is 2.42. The van der Waals surface area contributed by atoms with E-state index in [1.165, 1.54) is 6.07 Å². The molecule has 5 heteroatoms. The number of hydrogen-bond acceptors (Lipinski definition) is 3. The Morgan fingerprint density at radius 2 is 2.00 bits per heavy atom. The number of aliphatic hydroxyl groups is 1. The van der Waals surface area contributed by atoms with Crippen LogP contribution in [-0.2, 0) is 0 Å². The van der Waals surface area contributed by atoms with Crippen LogP contribution in [0.15, 0.2) is 18.2 Å². The Morgan fingerprint density at radius 1 is 1.24 bits per heavy atom. The summed E-state index contributed by atoms with van der Waals surface area (Å²) in [6, 6.07) is 4.04. The summed E-state index contributed by atoms with van der Waals surface area (Å²) in [6.45, 7) is 4.50. The molecule has 1 unspecified atom stereocenters. The summed E-state index contributed by atoms with van der Waals surface area (Å²) in [5, 5.41) is 12.1. The summed E-state index contributed by atoms with van der Waals surface area (Å²) >= 11 is 0. The molecule has 0 aliphatic carbocycles. The molecule has 21 heavy (non-hydrogen) atoms. The lowest BCUT2D eigenvalue weighted by Gasteiger charge is -2.24. The molecule has 0 aromatic heterocycles. The third kappa shape index (κ3) is 5.69. The second kappa shape index (κ2) is 9.82. The third-order valence-corrected chi connectivity index (χ3v) is 3.68. The van der Waals surface area contributed by atoms with Crippen molar-refractivity contribution in [2.75, 3.05) is 33.3 Å². The molecule has 0 heterocycles. The van der Waals surface area contributed by atoms with Gasteiger partial charge in [-0.15, -0.1) is 0 Å². The molecule has 3 nitrogen and oxygen atoms in total. The number of nitrogens with zero attached hydrogens (tertiary/aromatic N) is 1. The summed E-state index contributed by atoms with van der Waals surface area (Å²) in [4.78, 5) is 2.16. The van der Waals surface area contributed by atoms with Crippen molar-refractivity contribution in [3.63, 3.8) is 0 Å². The molecule has 0 bridgehead atoms. The van der Waals surface area contributed by atoms with E-state index in [4.69, 9.17) is 5.11 Å². The van der Waals surface area contributed by atoms with Crippen LogP contribution in [0.4, 0.5) is 8.78 Å². The number of unbranched alkanes of at least 4 members (excludes halogenated alkanes) is 1. The minimum atomic E-state index is -0.814. The highest BCUT2D eigenvalue weighted by Gasteiger charge is 2.17. The molecular weight excluding hydrogens is 274 g/mol. The van der Waals surface area contributed by atoms with E-state index < -0.39 is 11.6 Å². The minimum absolute atomic E-state index is 0.113. The van der Waals surface area contributed by atoms with Crippen LogP contribution in [0.2, 0.25) is 0 Å². The molecule has 0 aliphatic rings. The molecule has 1 aromatic carbocycles. The first kappa shape index (κ1) is 18.0. The van der Waals surface area contributed by atoms with E-state index >= 15 is 0 Å². The summed E-state index contributed by atoms with van der Waals surface area (Å²) in [7, 11) is 1.75. The van der Waals surface area contributed by atoms with E-state index in [2.05, 4.69) is 17.1 Å². The highest BCUT2D eigenvalue weighted by atomic mass is 19.2. The number of rotatable bonds is 10. The van der Waals surface area contributed by atoms with Gasteiger partial charge in [0.25, 0.3) is 0 Å². The van der Waals surface area contributed by atoms with Gasteiger partial charge in [-0.3, -0.25) is 0 Å². The molecule has 0 spiro atoms. The van der Waals surface area contributed by atoms with Gasteiger partial charge in [-0.2, -0.15) is 0 Å². The van der Waals surface area contributed by atoms with Crippen molar-refractivity contribution in [3.8, 4) is 0 Å². The van der Waals surface area contributed by atoms with Gasteiger partial charge >= 0.3 is 0 Å². The molecule has 0 fully saturated rings. The van der Waals surface area contributed by atoms with E-state index in [1.54, 1.807) is 13.1 Å². The molecule has 0 aliphatic heterocycles. The molecule has 1 rings (SSSR count). The van der Waals surface area contributed by atoms with E-state index in [0.29, 0.717) is 18.5 Å². The predicted octanol–water partition coefficient (Wildman–Crippen LogP) is 2.71. The average Bonchev–Trinajstić information content (AvgIpc) is 2.49. The molecular formula is C16H26F2N2O. The average molecular weight is 300 g/mol. The van der Waals surface area contributed by atoms with E-state index in [1.807, 2.05) is 0 Å². The van der Waals surface area contributed by atoms with Crippen LogP contribution in [0, 0.1) is 11.6 Å². The van der Waals surface area contributed by atoms with Gasteiger partial charge < -0.3 is 15.3 Å². The number of benzene rings is 1. The predicted molar refractivity (Wildman–Crippen MR) is 81.2 cm³/mol. The smallest absolute Gasteiger partial charge is 0.163 e. The highest BCUT2D eigenvalue weighted by Crippen LogP contribution is 2.22. The SMILES string of the molecule is CCCCN(CCO)CCC(NC)c1cccc(F)c1F. The monoisotopic (exact) mass is 300 g/mol. The van der Waals surface area contributed by atoms with Gasteiger partial charge in [0.2, 0.25) is 0 Å². The molecule has 1 atom stereocenters. The number of nitrogens with one attached hydrogen (secondary N) is 1. The standard InChI is InChI=1S/C16H26F2N2O/c1-3-4-9-20(11-12-21)10-8-15(19-2)13-6-5-7-14(17)16(13)18/h5-7,15,19,21H,3-4,8-12H2,1-2H3. The van der Waals surface area contributed by atoms with Crippen molar-refractivity contribution in [2.45, 2.75) is 32.2 Å². The maximum Gasteiger partial charge on any atom is 0.163 e. The molecule has 0 amide bonds. The topological polar surface area (TPSA) is 35.5 Å². The molecule has 0 radical (unpaired) electrons. The largest absolute Gasteiger partial charge is 0.395 e.